The lowest BCUT2D eigenvalue weighted by Gasteiger charge is -2.04. The van der Waals surface area contributed by atoms with Crippen LogP contribution in [0.4, 0.5) is 0 Å². The molecule has 0 unspecified atom stereocenters. The minimum atomic E-state index is 1.32. The molecule has 1 heterocycles. The van der Waals surface area contributed by atoms with E-state index in [1.807, 2.05) is 11.3 Å². The summed E-state index contributed by atoms with van der Waals surface area (Å²) in [6, 6.07) is 24.3. The van der Waals surface area contributed by atoms with Gasteiger partial charge in [-0.2, -0.15) is 0 Å². The maximum Gasteiger partial charge on any atom is 0.0434 e. The largest absolute Gasteiger partial charge is 0.135 e. The van der Waals surface area contributed by atoms with Crippen LogP contribution < -0.4 is 0 Å². The smallest absolute Gasteiger partial charge is 0.0434 e. The highest BCUT2D eigenvalue weighted by Gasteiger charge is 2.12. The van der Waals surface area contributed by atoms with Gasteiger partial charge in [-0.05, 0) is 40.1 Å². The number of rotatable bonds is 0. The Kier molecular flexibility index (Phi) is 2.39. The van der Waals surface area contributed by atoms with Crippen molar-refractivity contribution in [3.8, 4) is 0 Å². The quantitative estimate of drug-likeness (QED) is 0.299. The van der Waals surface area contributed by atoms with Crippen molar-refractivity contribution in [2.45, 2.75) is 6.92 Å². The molecule has 0 N–H and O–H groups in total. The van der Waals surface area contributed by atoms with E-state index in [2.05, 4.69) is 73.7 Å². The molecule has 0 fully saturated rings. The molecule has 0 aliphatic heterocycles. The number of benzene rings is 4. The summed E-state index contributed by atoms with van der Waals surface area (Å²) < 4.78 is 2.79. The van der Waals surface area contributed by atoms with Crippen LogP contribution in [0, 0.1) is 6.92 Å². The molecule has 0 aliphatic carbocycles. The molecule has 0 atom stereocenters. The van der Waals surface area contributed by atoms with Gasteiger partial charge in [-0.3, -0.25) is 0 Å². The van der Waals surface area contributed by atoms with Crippen LogP contribution in [0.25, 0.3) is 41.7 Å². The van der Waals surface area contributed by atoms with Gasteiger partial charge in [0.2, 0.25) is 0 Å². The second-order valence-corrected chi connectivity index (χ2v) is 6.93. The van der Waals surface area contributed by atoms with E-state index in [4.69, 9.17) is 0 Å². The van der Waals surface area contributed by atoms with Gasteiger partial charge in [0.15, 0.2) is 0 Å². The summed E-state index contributed by atoms with van der Waals surface area (Å²) in [5.74, 6) is 0. The van der Waals surface area contributed by atoms with Crippen molar-refractivity contribution in [3.63, 3.8) is 0 Å². The first-order valence-corrected chi connectivity index (χ1v) is 8.37. The lowest BCUT2D eigenvalue weighted by atomic mass is 9.99. The molecule has 0 saturated heterocycles. The Hall–Kier alpha value is -2.38. The molecule has 4 aromatic carbocycles. The standard InChI is InChI=1S/C21H14S/c1-13-5-4-7-15-10-12-18-20(19(13)15)17-11-9-14-6-2-3-8-16(14)21(17)22-18/h2-12H,1H3. The van der Waals surface area contributed by atoms with Crippen LogP contribution in [0.15, 0.2) is 66.7 Å². The summed E-state index contributed by atoms with van der Waals surface area (Å²) in [5, 5.41) is 8.23. The summed E-state index contributed by atoms with van der Waals surface area (Å²) in [7, 11) is 0. The molecule has 0 saturated carbocycles. The van der Waals surface area contributed by atoms with Crippen molar-refractivity contribution in [2.75, 3.05) is 0 Å². The third-order valence-electron chi connectivity index (χ3n) is 4.58. The van der Waals surface area contributed by atoms with E-state index in [1.165, 1.54) is 47.3 Å². The highest BCUT2D eigenvalue weighted by atomic mass is 32.1. The molecule has 0 nitrogen and oxygen atoms in total. The third-order valence-corrected chi connectivity index (χ3v) is 5.78. The Labute approximate surface area is 132 Å². The van der Waals surface area contributed by atoms with E-state index in [0.717, 1.165) is 0 Å². The van der Waals surface area contributed by atoms with Crippen LogP contribution in [0.2, 0.25) is 0 Å². The van der Waals surface area contributed by atoms with Crippen molar-refractivity contribution in [3.05, 3.63) is 72.3 Å². The fraction of sp³-hybridized carbons (Fsp3) is 0.0476. The van der Waals surface area contributed by atoms with Crippen LogP contribution in [-0.4, -0.2) is 0 Å². The summed E-state index contributed by atoms with van der Waals surface area (Å²) in [6.07, 6.45) is 0. The van der Waals surface area contributed by atoms with Gasteiger partial charge >= 0.3 is 0 Å². The maximum atomic E-state index is 2.29. The highest BCUT2D eigenvalue weighted by molar-refractivity contribution is 7.26. The normalized spacial score (nSPS) is 11.9. The van der Waals surface area contributed by atoms with Crippen LogP contribution in [0.3, 0.4) is 0 Å². The monoisotopic (exact) mass is 298 g/mol. The van der Waals surface area contributed by atoms with E-state index in [1.54, 1.807) is 0 Å². The van der Waals surface area contributed by atoms with Crippen LogP contribution in [0.5, 0.6) is 0 Å². The predicted octanol–water partition coefficient (Wildman–Crippen LogP) is 6.67. The van der Waals surface area contributed by atoms with Crippen molar-refractivity contribution in [1.82, 2.24) is 0 Å². The Morgan fingerprint density at radius 1 is 0.636 bits per heavy atom. The molecule has 22 heavy (non-hydrogen) atoms. The summed E-state index contributed by atoms with van der Waals surface area (Å²) in [4.78, 5) is 0. The first-order chi connectivity index (χ1) is 10.8. The van der Waals surface area contributed by atoms with Crippen LogP contribution in [-0.2, 0) is 0 Å². The van der Waals surface area contributed by atoms with E-state index in [0.29, 0.717) is 0 Å². The fourth-order valence-electron chi connectivity index (χ4n) is 3.56. The van der Waals surface area contributed by atoms with Gasteiger partial charge in [0.1, 0.15) is 0 Å². The highest BCUT2D eigenvalue weighted by Crippen LogP contribution is 2.42. The number of aryl methyl sites for hydroxylation is 1. The molecule has 0 bridgehead atoms. The molecule has 1 heteroatoms. The Morgan fingerprint density at radius 2 is 1.45 bits per heavy atom. The molecule has 5 rings (SSSR count). The van der Waals surface area contributed by atoms with Crippen molar-refractivity contribution < 1.29 is 0 Å². The van der Waals surface area contributed by atoms with Gasteiger partial charge in [0.25, 0.3) is 0 Å². The zero-order chi connectivity index (χ0) is 14.7. The molecule has 0 aliphatic rings. The average molecular weight is 298 g/mol. The minimum absolute atomic E-state index is 1.32. The van der Waals surface area contributed by atoms with E-state index >= 15 is 0 Å². The van der Waals surface area contributed by atoms with Crippen LogP contribution >= 0.6 is 11.3 Å². The molecule has 0 amide bonds. The molecule has 1 aromatic heterocycles. The topological polar surface area (TPSA) is 0 Å². The van der Waals surface area contributed by atoms with Gasteiger partial charge in [0, 0.05) is 20.2 Å². The zero-order valence-corrected chi connectivity index (χ0v) is 13.1. The third kappa shape index (κ3) is 1.52. The average Bonchev–Trinajstić information content (AvgIpc) is 2.94. The zero-order valence-electron chi connectivity index (χ0n) is 12.3. The number of fused-ring (bicyclic) bond motifs is 7. The molecular weight excluding hydrogens is 284 g/mol. The second-order valence-electron chi connectivity index (χ2n) is 5.88. The summed E-state index contributed by atoms with van der Waals surface area (Å²) >= 11 is 1.91. The van der Waals surface area contributed by atoms with Crippen molar-refractivity contribution >= 4 is 53.1 Å². The van der Waals surface area contributed by atoms with Gasteiger partial charge in [0.05, 0.1) is 0 Å². The Morgan fingerprint density at radius 3 is 2.41 bits per heavy atom. The first kappa shape index (κ1) is 12.2. The van der Waals surface area contributed by atoms with E-state index < -0.39 is 0 Å². The Bertz CT molecular complexity index is 1180. The van der Waals surface area contributed by atoms with Gasteiger partial charge < -0.3 is 0 Å². The number of hydrogen-bond donors (Lipinski definition) is 0. The fourth-order valence-corrected chi connectivity index (χ4v) is 4.80. The van der Waals surface area contributed by atoms with Gasteiger partial charge in [-0.1, -0.05) is 60.7 Å². The number of hydrogen-bond acceptors (Lipinski definition) is 1. The minimum Gasteiger partial charge on any atom is -0.135 e. The van der Waals surface area contributed by atoms with Crippen molar-refractivity contribution in [1.29, 1.82) is 0 Å². The molecule has 104 valence electrons. The summed E-state index contributed by atoms with van der Waals surface area (Å²) in [6.45, 7) is 2.21. The SMILES string of the molecule is Cc1cccc2ccc3sc4c5ccccc5ccc4c3c12. The van der Waals surface area contributed by atoms with Gasteiger partial charge in [-0.25, -0.2) is 0 Å². The first-order valence-electron chi connectivity index (χ1n) is 7.55. The lowest BCUT2D eigenvalue weighted by Crippen LogP contribution is -1.79. The van der Waals surface area contributed by atoms with Crippen molar-refractivity contribution in [2.24, 2.45) is 0 Å². The predicted molar refractivity (Wildman–Crippen MR) is 99.1 cm³/mol. The number of thiophene rings is 1. The maximum absolute atomic E-state index is 2.29. The lowest BCUT2D eigenvalue weighted by molar-refractivity contribution is 1.55. The summed E-state index contributed by atoms with van der Waals surface area (Å²) in [5.41, 5.74) is 1.36. The van der Waals surface area contributed by atoms with E-state index in [9.17, 15) is 0 Å². The Balaban J connectivity index is 2.12. The molecule has 0 spiro atoms. The molecule has 0 radical (unpaired) electrons. The molecule has 5 aromatic rings. The van der Waals surface area contributed by atoms with E-state index in [-0.39, 0.29) is 0 Å². The molecular formula is C21H14S. The van der Waals surface area contributed by atoms with Crippen LogP contribution in [0.1, 0.15) is 5.56 Å². The van der Waals surface area contributed by atoms with Gasteiger partial charge in [-0.15, -0.1) is 11.3 Å². The second kappa shape index (κ2) is 4.31.